The zero-order chi connectivity index (χ0) is 17.1. The van der Waals surface area contributed by atoms with Crippen LogP contribution in [0.25, 0.3) is 0 Å². The third-order valence-electron chi connectivity index (χ3n) is 5.66. The van der Waals surface area contributed by atoms with Crippen LogP contribution in [-0.2, 0) is 14.3 Å². The number of ketones is 1. The van der Waals surface area contributed by atoms with Crippen molar-refractivity contribution in [1.82, 2.24) is 0 Å². The number of carbonyl (C=O) groups is 1. The molecule has 0 aromatic rings. The Labute approximate surface area is 143 Å². The molecule has 24 heavy (non-hydrogen) atoms. The number of hydrogen-bond donors (Lipinski definition) is 3. The summed E-state index contributed by atoms with van der Waals surface area (Å²) in [5, 5.41) is 29.7. The highest BCUT2D eigenvalue weighted by atomic mass is 16.5. The minimum absolute atomic E-state index is 0.0781. The van der Waals surface area contributed by atoms with Crippen molar-refractivity contribution in [2.45, 2.75) is 107 Å². The first kappa shape index (κ1) is 18.3. The summed E-state index contributed by atoms with van der Waals surface area (Å²) in [6.45, 7) is 0. The third kappa shape index (κ3) is 4.55. The maximum absolute atomic E-state index is 11.9. The molecule has 6 nitrogen and oxygen atoms in total. The van der Waals surface area contributed by atoms with Gasteiger partial charge in [-0.3, -0.25) is 4.79 Å². The van der Waals surface area contributed by atoms with E-state index >= 15 is 0 Å². The average Bonchev–Trinajstić information content (AvgIpc) is 2.56. The summed E-state index contributed by atoms with van der Waals surface area (Å²) >= 11 is 0. The van der Waals surface area contributed by atoms with Gasteiger partial charge in [0, 0.05) is 19.3 Å². The second-order valence-electron chi connectivity index (χ2n) is 7.58. The molecule has 3 fully saturated rings. The van der Waals surface area contributed by atoms with Gasteiger partial charge in [-0.25, -0.2) is 0 Å². The van der Waals surface area contributed by atoms with Gasteiger partial charge in [0.25, 0.3) is 0 Å². The summed E-state index contributed by atoms with van der Waals surface area (Å²) in [5.74, 6) is 0.198. The van der Waals surface area contributed by atoms with Gasteiger partial charge in [-0.05, 0) is 44.9 Å². The summed E-state index contributed by atoms with van der Waals surface area (Å²) in [6.07, 6.45) is 4.30. The van der Waals surface area contributed by atoms with Gasteiger partial charge in [-0.2, -0.15) is 0 Å². The molecule has 3 aliphatic rings. The van der Waals surface area contributed by atoms with Crippen LogP contribution in [0.4, 0.5) is 0 Å². The van der Waals surface area contributed by atoms with Crippen LogP contribution in [0.3, 0.4) is 0 Å². The van der Waals surface area contributed by atoms with Crippen LogP contribution in [0.1, 0.15) is 64.2 Å². The Hall–Kier alpha value is -0.530. The second kappa shape index (κ2) is 8.23. The van der Waals surface area contributed by atoms with Crippen molar-refractivity contribution in [3.8, 4) is 0 Å². The molecular formula is C18H30O6. The molecule has 0 bridgehead atoms. The van der Waals surface area contributed by atoms with Crippen molar-refractivity contribution in [3.63, 3.8) is 0 Å². The van der Waals surface area contributed by atoms with Crippen LogP contribution in [0.15, 0.2) is 0 Å². The van der Waals surface area contributed by atoms with Gasteiger partial charge in [0.15, 0.2) is 5.78 Å². The molecule has 0 amide bonds. The topological polar surface area (TPSA) is 96.2 Å². The van der Waals surface area contributed by atoms with Gasteiger partial charge >= 0.3 is 0 Å². The molecule has 6 heteroatoms. The minimum atomic E-state index is -0.738. The molecule has 0 heterocycles. The summed E-state index contributed by atoms with van der Waals surface area (Å²) in [4.78, 5) is 11.9. The number of carbonyl (C=O) groups excluding carboxylic acids is 1. The predicted octanol–water partition coefficient (Wildman–Crippen LogP) is 1.09. The van der Waals surface area contributed by atoms with Crippen molar-refractivity contribution >= 4 is 5.78 Å². The first-order valence-corrected chi connectivity index (χ1v) is 9.40. The molecule has 3 rings (SSSR count). The zero-order valence-corrected chi connectivity index (χ0v) is 14.2. The molecule has 3 saturated carbocycles. The number of aliphatic hydroxyl groups excluding tert-OH is 3. The van der Waals surface area contributed by atoms with Gasteiger partial charge in [-0.15, -0.1) is 0 Å². The fourth-order valence-electron chi connectivity index (χ4n) is 4.16. The van der Waals surface area contributed by atoms with Gasteiger partial charge < -0.3 is 24.8 Å². The lowest BCUT2D eigenvalue weighted by atomic mass is 9.89. The van der Waals surface area contributed by atoms with Crippen LogP contribution < -0.4 is 0 Å². The van der Waals surface area contributed by atoms with Crippen LogP contribution in [0.2, 0.25) is 0 Å². The van der Waals surface area contributed by atoms with Gasteiger partial charge in [0.2, 0.25) is 0 Å². The molecule has 0 spiro atoms. The van der Waals surface area contributed by atoms with E-state index in [0.29, 0.717) is 38.5 Å². The quantitative estimate of drug-likeness (QED) is 0.708. The first-order chi connectivity index (χ1) is 11.5. The molecule has 0 aliphatic heterocycles. The number of ether oxygens (including phenoxy) is 2. The maximum Gasteiger partial charge on any atom is 0.161 e. The normalized spacial score (nSPS) is 44.5. The molecule has 4 unspecified atom stereocenters. The average molecular weight is 342 g/mol. The third-order valence-corrected chi connectivity index (χ3v) is 5.66. The Bertz CT molecular complexity index is 428. The number of rotatable bonds is 4. The Balaban J connectivity index is 1.44. The van der Waals surface area contributed by atoms with Crippen molar-refractivity contribution in [1.29, 1.82) is 0 Å². The van der Waals surface area contributed by atoms with E-state index in [0.717, 1.165) is 25.7 Å². The summed E-state index contributed by atoms with van der Waals surface area (Å²) in [6, 6.07) is 0. The Morgan fingerprint density at radius 1 is 0.750 bits per heavy atom. The number of aliphatic hydroxyl groups is 3. The van der Waals surface area contributed by atoms with Gasteiger partial charge in [-0.1, -0.05) is 0 Å². The fraction of sp³-hybridized carbons (Fsp3) is 0.944. The molecular weight excluding hydrogens is 312 g/mol. The zero-order valence-electron chi connectivity index (χ0n) is 14.2. The molecule has 3 N–H and O–H groups in total. The predicted molar refractivity (Wildman–Crippen MR) is 86.5 cm³/mol. The summed E-state index contributed by atoms with van der Waals surface area (Å²) in [5.41, 5.74) is 0. The highest BCUT2D eigenvalue weighted by molar-refractivity contribution is 5.83. The lowest BCUT2D eigenvalue weighted by molar-refractivity contribution is -0.161. The molecule has 0 aromatic heterocycles. The lowest BCUT2D eigenvalue weighted by Gasteiger charge is -2.38. The van der Waals surface area contributed by atoms with Crippen LogP contribution in [0, 0.1) is 0 Å². The number of Topliss-reactive ketones (excluding diaryl/α,β-unsaturated/α-hetero) is 1. The molecule has 138 valence electrons. The van der Waals surface area contributed by atoms with Gasteiger partial charge in [0.05, 0.1) is 36.6 Å². The molecule has 0 radical (unpaired) electrons. The lowest BCUT2D eigenvalue weighted by Crippen LogP contribution is -2.45. The molecule has 0 aromatic carbocycles. The van der Waals surface area contributed by atoms with E-state index in [1.807, 2.05) is 0 Å². The SMILES string of the molecule is O=C1CCCC[C@H]1OC1CC[C@@H](OC2CCC(O)C(O)C2)[C@H](O)C1. The van der Waals surface area contributed by atoms with E-state index in [4.69, 9.17) is 9.47 Å². The standard InChI is InChI=1S/C18H30O6/c19-13-7-5-11(9-15(13)21)24-18-8-6-12(10-16(18)22)23-17-4-2-1-3-14(17)20/h11-13,15-19,21-22H,1-10H2/t11?,12?,13?,15?,16-,17-,18-/m1/s1. The Kier molecular flexibility index (Phi) is 6.27. The van der Waals surface area contributed by atoms with E-state index in [1.54, 1.807) is 0 Å². The van der Waals surface area contributed by atoms with Crippen molar-refractivity contribution in [3.05, 3.63) is 0 Å². The maximum atomic E-state index is 11.9. The Morgan fingerprint density at radius 3 is 2.17 bits per heavy atom. The van der Waals surface area contributed by atoms with Crippen molar-refractivity contribution < 1.29 is 29.6 Å². The van der Waals surface area contributed by atoms with Crippen molar-refractivity contribution in [2.24, 2.45) is 0 Å². The van der Waals surface area contributed by atoms with E-state index in [2.05, 4.69) is 0 Å². The minimum Gasteiger partial charge on any atom is -0.390 e. The monoisotopic (exact) mass is 342 g/mol. The molecule has 3 aliphatic carbocycles. The fourth-order valence-corrected chi connectivity index (χ4v) is 4.16. The summed E-state index contributed by atoms with van der Waals surface area (Å²) < 4.78 is 11.9. The van der Waals surface area contributed by atoms with Crippen LogP contribution >= 0.6 is 0 Å². The summed E-state index contributed by atoms with van der Waals surface area (Å²) in [7, 11) is 0. The molecule has 7 atom stereocenters. The van der Waals surface area contributed by atoms with Crippen molar-refractivity contribution in [2.75, 3.05) is 0 Å². The number of hydrogen-bond acceptors (Lipinski definition) is 6. The second-order valence-corrected chi connectivity index (χ2v) is 7.58. The molecule has 0 saturated heterocycles. The highest BCUT2D eigenvalue weighted by Crippen LogP contribution is 2.31. The van der Waals surface area contributed by atoms with Gasteiger partial charge in [0.1, 0.15) is 6.10 Å². The highest BCUT2D eigenvalue weighted by Gasteiger charge is 2.36. The first-order valence-electron chi connectivity index (χ1n) is 9.40. The van der Waals surface area contributed by atoms with E-state index in [-0.39, 0.29) is 30.2 Å². The van der Waals surface area contributed by atoms with E-state index < -0.39 is 18.3 Å². The van der Waals surface area contributed by atoms with Crippen LogP contribution in [-0.4, -0.2) is 63.8 Å². The smallest absolute Gasteiger partial charge is 0.161 e. The van der Waals surface area contributed by atoms with Crippen LogP contribution in [0.5, 0.6) is 0 Å². The Morgan fingerprint density at radius 2 is 1.46 bits per heavy atom. The van der Waals surface area contributed by atoms with E-state index in [9.17, 15) is 20.1 Å². The largest absolute Gasteiger partial charge is 0.390 e. The van der Waals surface area contributed by atoms with E-state index in [1.165, 1.54) is 0 Å².